The topological polar surface area (TPSA) is 0 Å². The molecule has 14 heavy (non-hydrogen) atoms. The fraction of sp³-hybridized carbons (Fsp3) is 0.909. The van der Waals surface area contributed by atoms with Crippen molar-refractivity contribution in [2.24, 2.45) is 5.92 Å². The van der Waals surface area contributed by atoms with E-state index in [1.165, 1.54) is 25.7 Å². The van der Waals surface area contributed by atoms with E-state index in [2.05, 4.69) is 40.4 Å². The molecule has 0 nitrogen and oxygen atoms in total. The normalized spacial score (nSPS) is 10.5. The molecule has 1 atom stereocenters. The van der Waals surface area contributed by atoms with Crippen LogP contribution in [0.4, 0.5) is 0 Å². The predicted octanol–water partition coefficient (Wildman–Crippen LogP) is 0.692. The van der Waals surface area contributed by atoms with Gasteiger partial charge in [-0.2, -0.15) is 0 Å². The largest absolute Gasteiger partial charge is 2.00 e. The predicted molar refractivity (Wildman–Crippen MR) is 69.0 cm³/mol. The second kappa shape index (κ2) is 19.8. The fourth-order valence-electron chi connectivity index (χ4n) is 0.757. The molecule has 0 fully saturated rings. The molecule has 0 bridgehead atoms. The van der Waals surface area contributed by atoms with E-state index in [-0.39, 0.29) is 44.3 Å². The molecule has 0 N–H and O–H groups in total. The molecule has 0 rings (SSSR count). The van der Waals surface area contributed by atoms with E-state index >= 15 is 0 Å². The van der Waals surface area contributed by atoms with Gasteiger partial charge in [-0.15, -0.1) is 8.80 Å². The van der Waals surface area contributed by atoms with Crippen molar-refractivity contribution in [3.05, 3.63) is 6.55 Å². The quantitative estimate of drug-likeness (QED) is 0.506. The van der Waals surface area contributed by atoms with Gasteiger partial charge in [0.15, 0.2) is 0 Å². The Morgan fingerprint density at radius 1 is 1.21 bits per heavy atom. The Bertz CT molecular complexity index is 76.9. The van der Waals surface area contributed by atoms with Crippen LogP contribution in [0.5, 0.6) is 0 Å². The van der Waals surface area contributed by atoms with Crippen LogP contribution in [0.2, 0.25) is 13.1 Å². The molecule has 1 unspecified atom stereocenters. The number of unbranched alkanes of at least 4 members (excludes halogenated alkanes) is 1. The molecule has 84 valence electrons. The Labute approximate surface area is 116 Å². The van der Waals surface area contributed by atoms with Crippen molar-refractivity contribution in [1.29, 1.82) is 0 Å². The Hall–Kier alpha value is 1.27. The zero-order valence-corrected chi connectivity index (χ0v) is 14.1. The van der Waals surface area contributed by atoms with Gasteiger partial charge in [-0.25, -0.2) is 0 Å². The van der Waals surface area contributed by atoms with Crippen LogP contribution in [-0.4, -0.2) is 31.8 Å². The maximum atomic E-state index is 3.78. The summed E-state index contributed by atoms with van der Waals surface area (Å²) >= 11 is 0. The van der Waals surface area contributed by atoms with E-state index in [1.807, 2.05) is 0 Å². The molecule has 0 saturated carbocycles. The Kier molecular flexibility index (Phi) is 34.6. The molecule has 0 radical (unpaired) electrons. The van der Waals surface area contributed by atoms with Gasteiger partial charge in [-0.1, -0.05) is 59.5 Å². The van der Waals surface area contributed by atoms with Crippen molar-refractivity contribution < 1.29 is 12.4 Å². The summed E-state index contributed by atoms with van der Waals surface area (Å²) in [5, 5.41) is 0. The minimum Gasteiger partial charge on any atom is -1.00 e. The average molecular weight is 247 g/mol. The zero-order chi connectivity index (χ0) is 9.98. The van der Waals surface area contributed by atoms with Crippen LogP contribution in [0.1, 0.15) is 46.5 Å². The van der Waals surface area contributed by atoms with Crippen molar-refractivity contribution in [2.75, 3.05) is 0 Å². The first-order valence-corrected chi connectivity index (χ1v) is 8.50. The molecular weight excluding hydrogens is 220 g/mol. The number of halogens is 1. The van der Waals surface area contributed by atoms with Crippen LogP contribution in [0.3, 0.4) is 0 Å². The summed E-state index contributed by atoms with van der Waals surface area (Å²) in [5.41, 5.74) is 0. The van der Waals surface area contributed by atoms with Crippen molar-refractivity contribution in [3.8, 4) is 0 Å². The summed E-state index contributed by atoms with van der Waals surface area (Å²) in [5.74, 6) is 0.954. The summed E-state index contributed by atoms with van der Waals surface area (Å²) in [7, 11) is -0.389. The van der Waals surface area contributed by atoms with Crippen LogP contribution in [0.25, 0.3) is 0 Å². The SMILES string of the molecule is CCCCC(C)CC.[CH2-][SiH](C)C.[Cl-].[Mg+2]. The zero-order valence-electron chi connectivity index (χ0n) is 10.8. The van der Waals surface area contributed by atoms with E-state index in [0.29, 0.717) is 0 Å². The molecule has 0 saturated heterocycles. The van der Waals surface area contributed by atoms with Crippen LogP contribution in [-0.2, 0) is 0 Å². The van der Waals surface area contributed by atoms with Crippen LogP contribution < -0.4 is 12.4 Å². The van der Waals surface area contributed by atoms with Gasteiger partial charge in [0.2, 0.25) is 0 Å². The van der Waals surface area contributed by atoms with Gasteiger partial charge >= 0.3 is 23.1 Å². The van der Waals surface area contributed by atoms with E-state index in [4.69, 9.17) is 0 Å². The molecule has 0 spiro atoms. The molecule has 0 aliphatic rings. The third-order valence-electron chi connectivity index (χ3n) is 1.75. The van der Waals surface area contributed by atoms with Gasteiger partial charge in [0.25, 0.3) is 0 Å². The Balaban J connectivity index is -0.0000000733. The van der Waals surface area contributed by atoms with E-state index in [9.17, 15) is 0 Å². The van der Waals surface area contributed by atoms with Crippen molar-refractivity contribution >= 4 is 31.8 Å². The summed E-state index contributed by atoms with van der Waals surface area (Å²) in [6, 6.07) is 0. The number of hydrogen-bond acceptors (Lipinski definition) is 0. The maximum absolute atomic E-state index is 3.78. The molecule has 0 aliphatic carbocycles. The van der Waals surface area contributed by atoms with Crippen molar-refractivity contribution in [1.82, 2.24) is 0 Å². The van der Waals surface area contributed by atoms with Gasteiger partial charge in [0, 0.05) is 0 Å². The third kappa shape index (κ3) is 37.8. The van der Waals surface area contributed by atoms with Gasteiger partial charge < -0.3 is 19.0 Å². The van der Waals surface area contributed by atoms with Gasteiger partial charge in [0.1, 0.15) is 0 Å². The van der Waals surface area contributed by atoms with Crippen LogP contribution >= 0.6 is 0 Å². The van der Waals surface area contributed by atoms with E-state index in [0.717, 1.165) is 5.92 Å². The second-order valence-corrected chi connectivity index (χ2v) is 6.84. The van der Waals surface area contributed by atoms with Crippen LogP contribution in [0.15, 0.2) is 0 Å². The average Bonchev–Trinajstić information content (AvgIpc) is 1.99. The first kappa shape index (κ1) is 24.5. The molecular formula is C11H27ClMgSi. The molecule has 0 aromatic rings. The van der Waals surface area contributed by atoms with Crippen LogP contribution in [0, 0.1) is 12.5 Å². The summed E-state index contributed by atoms with van der Waals surface area (Å²) < 4.78 is 0. The molecule has 3 heteroatoms. The number of hydrogen-bond donors (Lipinski definition) is 0. The van der Waals surface area contributed by atoms with E-state index in [1.54, 1.807) is 0 Å². The van der Waals surface area contributed by atoms with Gasteiger partial charge in [0.05, 0.1) is 0 Å². The Morgan fingerprint density at radius 2 is 1.57 bits per heavy atom. The first-order chi connectivity index (χ1) is 5.54. The van der Waals surface area contributed by atoms with E-state index < -0.39 is 0 Å². The van der Waals surface area contributed by atoms with Gasteiger partial charge in [-0.05, 0) is 5.92 Å². The minimum absolute atomic E-state index is 0. The maximum Gasteiger partial charge on any atom is 2.00 e. The minimum atomic E-state index is -0.389. The Morgan fingerprint density at radius 3 is 1.79 bits per heavy atom. The molecule has 0 aromatic carbocycles. The van der Waals surface area contributed by atoms with Gasteiger partial charge in [-0.3, -0.25) is 0 Å². The summed E-state index contributed by atoms with van der Waals surface area (Å²) in [4.78, 5) is 0. The standard InChI is InChI=1S/C8H18.C3H9Si.ClH.Mg/c1-4-6-7-8(3)5-2;1-4(2)3;;/h8H,4-7H2,1-3H3;4H,1H2,2-3H3;1H;/q;-1;;+2/p-1. The second-order valence-electron chi connectivity index (χ2n) is 4.05. The smallest absolute Gasteiger partial charge is 1.00 e. The van der Waals surface area contributed by atoms with Crippen molar-refractivity contribution in [2.45, 2.75) is 59.5 Å². The monoisotopic (exact) mass is 246 g/mol. The molecule has 0 amide bonds. The fourth-order valence-corrected chi connectivity index (χ4v) is 0.757. The molecule has 0 aromatic heterocycles. The first-order valence-electron chi connectivity index (χ1n) is 5.37. The summed E-state index contributed by atoms with van der Waals surface area (Å²) in [6.45, 7) is 15.0. The summed E-state index contributed by atoms with van der Waals surface area (Å²) in [6.07, 6.45) is 5.53. The molecule has 0 aliphatic heterocycles. The third-order valence-corrected chi connectivity index (χ3v) is 1.75. The molecule has 0 heterocycles. The van der Waals surface area contributed by atoms with Crippen molar-refractivity contribution in [3.63, 3.8) is 0 Å². The number of rotatable bonds is 4.